The van der Waals surface area contributed by atoms with E-state index in [1.165, 1.54) is 6.42 Å². The number of fused-ring (bicyclic) bond motifs is 5. The van der Waals surface area contributed by atoms with Crippen LogP contribution >= 0.6 is 0 Å². The van der Waals surface area contributed by atoms with E-state index >= 15 is 0 Å². The van der Waals surface area contributed by atoms with E-state index < -0.39 is 16.6 Å². The lowest BCUT2D eigenvalue weighted by atomic mass is 9.43. The van der Waals surface area contributed by atoms with Crippen LogP contribution in [0.4, 0.5) is 0 Å². The van der Waals surface area contributed by atoms with Crippen molar-refractivity contribution in [2.24, 2.45) is 28.6 Å². The summed E-state index contributed by atoms with van der Waals surface area (Å²) in [6.07, 6.45) is 14.4. The van der Waals surface area contributed by atoms with Crippen LogP contribution in [0.15, 0.2) is 35.7 Å². The van der Waals surface area contributed by atoms with Gasteiger partial charge >= 0.3 is 0 Å². The Balaban J connectivity index is 1.43. The number of rotatable bonds is 4. The first-order valence-electron chi connectivity index (χ1n) is 12.0. The lowest BCUT2D eigenvalue weighted by molar-refractivity contribution is -0.239. The van der Waals surface area contributed by atoms with E-state index in [-0.39, 0.29) is 11.3 Å². The van der Waals surface area contributed by atoms with E-state index in [1.54, 1.807) is 12.5 Å². The molecule has 0 unspecified atom stereocenters. The van der Waals surface area contributed by atoms with Gasteiger partial charge in [-0.2, -0.15) is 0 Å². The average Bonchev–Trinajstić information content (AvgIpc) is 3.34. The summed E-state index contributed by atoms with van der Waals surface area (Å²) >= 11 is 0. The van der Waals surface area contributed by atoms with Crippen molar-refractivity contribution < 1.29 is 19.4 Å². The molecule has 1 heterocycles. The largest absolute Gasteiger partial charge is 0.472 e. The second kappa shape index (κ2) is 6.95. The molecule has 4 saturated carbocycles. The third kappa shape index (κ3) is 2.56. The molecular weight excluding hydrogens is 376 g/mol. The molecule has 0 spiro atoms. The van der Waals surface area contributed by atoms with E-state index in [2.05, 4.69) is 20.4 Å². The first kappa shape index (κ1) is 20.8. The predicted octanol–water partition coefficient (Wildman–Crippen LogP) is 5.20. The summed E-state index contributed by atoms with van der Waals surface area (Å²) in [6, 6.07) is 1.88. The molecule has 166 valence electrons. The fourth-order valence-corrected chi connectivity index (χ4v) is 8.52. The van der Waals surface area contributed by atoms with Gasteiger partial charge in [0.2, 0.25) is 0 Å². The third-order valence-corrected chi connectivity index (χ3v) is 10.4. The molecule has 0 radical (unpaired) electrons. The topological polar surface area (TPSA) is 62.8 Å². The van der Waals surface area contributed by atoms with Crippen molar-refractivity contribution in [3.05, 3.63) is 36.8 Å². The molecule has 4 fully saturated rings. The first-order chi connectivity index (χ1) is 14.3. The zero-order valence-electron chi connectivity index (χ0n) is 18.6. The van der Waals surface area contributed by atoms with E-state index in [9.17, 15) is 10.2 Å². The van der Waals surface area contributed by atoms with Crippen molar-refractivity contribution >= 4 is 0 Å². The summed E-state index contributed by atoms with van der Waals surface area (Å²) in [4.78, 5) is 0. The minimum atomic E-state index is -1.01. The quantitative estimate of drug-likeness (QED) is 0.665. The van der Waals surface area contributed by atoms with Crippen molar-refractivity contribution in [1.29, 1.82) is 0 Å². The van der Waals surface area contributed by atoms with E-state index in [4.69, 9.17) is 9.15 Å². The Hall–Kier alpha value is -1.10. The number of furan rings is 1. The molecule has 1 aromatic rings. The van der Waals surface area contributed by atoms with Crippen LogP contribution in [0.5, 0.6) is 0 Å². The maximum Gasteiger partial charge on any atom is 0.101 e. The minimum Gasteiger partial charge on any atom is -0.472 e. The average molecular weight is 415 g/mol. The Bertz CT molecular complexity index is 789. The van der Waals surface area contributed by atoms with E-state index in [0.29, 0.717) is 37.4 Å². The summed E-state index contributed by atoms with van der Waals surface area (Å²) in [5, 5.41) is 24.1. The Morgan fingerprint density at radius 1 is 1.10 bits per heavy atom. The maximum absolute atomic E-state index is 12.2. The van der Waals surface area contributed by atoms with Crippen molar-refractivity contribution in [2.75, 3.05) is 6.61 Å². The normalized spacial score (nSPS) is 50.4. The Morgan fingerprint density at radius 2 is 1.93 bits per heavy atom. The molecule has 5 rings (SSSR count). The van der Waals surface area contributed by atoms with Crippen LogP contribution in [0.2, 0.25) is 0 Å². The highest BCUT2D eigenvalue weighted by Gasteiger charge is 2.72. The standard InChI is InChI=1S/C26H38O4/c1-4-14-30-20-7-10-23(2)18(16-20)5-6-22-21(23)8-11-24(3)25(27,12-13-26(22,24)28)19-9-15-29-17-19/h4,9,15,17-18,20-22,27-28H,1,5-8,10-14,16H2,2-3H3/t18-,20+,21+,22-,23+,24-,25+,26+/m1/s1. The molecule has 4 aliphatic carbocycles. The molecule has 2 N–H and O–H groups in total. The smallest absolute Gasteiger partial charge is 0.101 e. The molecule has 0 bridgehead atoms. The molecule has 1 aromatic heterocycles. The molecular formula is C26H38O4. The van der Waals surface area contributed by atoms with Crippen LogP contribution in [0.25, 0.3) is 0 Å². The van der Waals surface area contributed by atoms with Crippen LogP contribution in [-0.2, 0) is 10.3 Å². The molecule has 8 atom stereocenters. The van der Waals surface area contributed by atoms with Crippen LogP contribution in [0.3, 0.4) is 0 Å². The number of hydrogen-bond donors (Lipinski definition) is 2. The fourth-order valence-electron chi connectivity index (χ4n) is 8.52. The van der Waals surface area contributed by atoms with Crippen LogP contribution in [0, 0.1) is 28.6 Å². The highest BCUT2D eigenvalue weighted by atomic mass is 16.5. The summed E-state index contributed by atoms with van der Waals surface area (Å²) in [7, 11) is 0. The van der Waals surface area contributed by atoms with E-state index in [0.717, 1.165) is 44.1 Å². The zero-order valence-corrected chi connectivity index (χ0v) is 18.6. The summed E-state index contributed by atoms with van der Waals surface area (Å²) in [5.74, 6) is 1.47. The van der Waals surface area contributed by atoms with Gasteiger partial charge in [0.05, 0.1) is 30.8 Å². The van der Waals surface area contributed by atoms with Crippen molar-refractivity contribution in [1.82, 2.24) is 0 Å². The highest BCUT2D eigenvalue weighted by molar-refractivity contribution is 5.30. The Kier molecular flexibility index (Phi) is 4.81. The van der Waals surface area contributed by atoms with Gasteiger partial charge in [0.1, 0.15) is 5.60 Å². The third-order valence-electron chi connectivity index (χ3n) is 10.4. The van der Waals surface area contributed by atoms with Gasteiger partial charge in [-0.3, -0.25) is 0 Å². The summed E-state index contributed by atoms with van der Waals surface area (Å²) in [5.41, 5.74) is -1.25. The second-order valence-corrected chi connectivity index (χ2v) is 11.2. The number of aliphatic hydroxyl groups is 2. The lowest BCUT2D eigenvalue weighted by Crippen LogP contribution is -2.64. The molecule has 30 heavy (non-hydrogen) atoms. The van der Waals surface area contributed by atoms with Crippen molar-refractivity contribution in [2.45, 2.75) is 88.9 Å². The Morgan fingerprint density at radius 3 is 2.67 bits per heavy atom. The Labute approximate surface area is 180 Å². The van der Waals surface area contributed by atoms with Gasteiger partial charge in [0, 0.05) is 11.0 Å². The molecule has 4 aliphatic rings. The second-order valence-electron chi connectivity index (χ2n) is 11.2. The molecule has 4 nitrogen and oxygen atoms in total. The number of ether oxygens (including phenoxy) is 1. The maximum atomic E-state index is 12.2. The molecule has 0 amide bonds. The van der Waals surface area contributed by atoms with Gasteiger partial charge in [-0.15, -0.1) is 6.58 Å². The van der Waals surface area contributed by atoms with Gasteiger partial charge in [-0.05, 0) is 87.0 Å². The summed E-state index contributed by atoms with van der Waals surface area (Å²) in [6.45, 7) is 9.06. The molecule has 0 aromatic carbocycles. The SMILES string of the molecule is C=CCO[C@H]1CC[C@@]2(C)[C@H](CC[C@@H]3[C@@H]2CC[C@]2(C)[C@@](O)(c4ccoc4)CC[C@]32O)C1. The fraction of sp³-hybridized carbons (Fsp3) is 0.769. The van der Waals surface area contributed by atoms with Gasteiger partial charge in [-0.1, -0.05) is 19.9 Å². The number of hydrogen-bond acceptors (Lipinski definition) is 4. The molecule has 0 aliphatic heterocycles. The van der Waals surface area contributed by atoms with Crippen LogP contribution in [0.1, 0.15) is 77.2 Å². The minimum absolute atomic E-state index is 0.268. The van der Waals surface area contributed by atoms with Crippen molar-refractivity contribution in [3.8, 4) is 0 Å². The van der Waals surface area contributed by atoms with Crippen molar-refractivity contribution in [3.63, 3.8) is 0 Å². The lowest BCUT2D eigenvalue weighted by Gasteiger charge is -2.64. The zero-order chi connectivity index (χ0) is 21.2. The van der Waals surface area contributed by atoms with E-state index in [1.807, 2.05) is 12.1 Å². The van der Waals surface area contributed by atoms with Gasteiger partial charge in [0.15, 0.2) is 0 Å². The highest BCUT2D eigenvalue weighted by Crippen LogP contribution is 2.71. The van der Waals surface area contributed by atoms with Gasteiger partial charge in [-0.25, -0.2) is 0 Å². The van der Waals surface area contributed by atoms with Gasteiger partial charge in [0.25, 0.3) is 0 Å². The molecule has 0 saturated heterocycles. The first-order valence-corrected chi connectivity index (χ1v) is 12.0. The molecule has 4 heteroatoms. The van der Waals surface area contributed by atoms with Gasteiger partial charge < -0.3 is 19.4 Å². The monoisotopic (exact) mass is 414 g/mol. The predicted molar refractivity (Wildman–Crippen MR) is 116 cm³/mol. The summed E-state index contributed by atoms with van der Waals surface area (Å²) < 4.78 is 11.3. The van der Waals surface area contributed by atoms with Crippen LogP contribution < -0.4 is 0 Å². The van der Waals surface area contributed by atoms with Crippen LogP contribution in [-0.4, -0.2) is 28.5 Å².